The fourth-order valence-electron chi connectivity index (χ4n) is 1.58. The molecule has 0 spiro atoms. The SMILES string of the molecule is CCCNc1nc(NCc2cc(Br)cs2)c(F)cc1F. The summed E-state index contributed by atoms with van der Waals surface area (Å²) in [4.78, 5) is 4.98. The lowest BCUT2D eigenvalue weighted by Crippen LogP contribution is -2.09. The Labute approximate surface area is 128 Å². The first-order valence-corrected chi connectivity index (χ1v) is 7.84. The van der Waals surface area contributed by atoms with Gasteiger partial charge in [-0.1, -0.05) is 6.92 Å². The van der Waals surface area contributed by atoms with Gasteiger partial charge in [-0.25, -0.2) is 13.8 Å². The zero-order chi connectivity index (χ0) is 14.5. The molecule has 2 aromatic heterocycles. The summed E-state index contributed by atoms with van der Waals surface area (Å²) in [7, 11) is 0. The number of aromatic nitrogens is 1. The van der Waals surface area contributed by atoms with Crippen molar-refractivity contribution in [2.45, 2.75) is 19.9 Å². The number of thiophene rings is 1. The van der Waals surface area contributed by atoms with Crippen LogP contribution in [-0.4, -0.2) is 11.5 Å². The Morgan fingerprint density at radius 1 is 1.20 bits per heavy atom. The predicted molar refractivity (Wildman–Crippen MR) is 82.3 cm³/mol. The Hall–Kier alpha value is -1.21. The summed E-state index contributed by atoms with van der Waals surface area (Å²) in [6, 6.07) is 2.78. The molecule has 0 saturated carbocycles. The van der Waals surface area contributed by atoms with Crippen LogP contribution in [-0.2, 0) is 6.54 Å². The maximum absolute atomic E-state index is 13.7. The monoisotopic (exact) mass is 361 g/mol. The number of pyridine rings is 1. The molecule has 108 valence electrons. The van der Waals surface area contributed by atoms with Crippen molar-refractivity contribution >= 4 is 38.9 Å². The highest BCUT2D eigenvalue weighted by Crippen LogP contribution is 2.23. The molecular formula is C13H14BrF2N3S. The van der Waals surface area contributed by atoms with E-state index in [1.165, 1.54) is 0 Å². The Bertz CT molecular complexity index is 589. The van der Waals surface area contributed by atoms with E-state index in [0.717, 1.165) is 21.8 Å². The van der Waals surface area contributed by atoms with E-state index in [1.807, 2.05) is 18.4 Å². The molecule has 0 unspecified atom stereocenters. The van der Waals surface area contributed by atoms with E-state index >= 15 is 0 Å². The standard InChI is InChI=1S/C13H14BrF2N3S/c1-2-3-17-12-10(15)5-11(16)13(19-12)18-6-9-4-8(14)7-20-9/h4-5,7H,2-3,6H2,1H3,(H2,17,18,19). The minimum Gasteiger partial charge on any atom is -0.368 e. The number of anilines is 2. The van der Waals surface area contributed by atoms with Crippen LogP contribution in [0.4, 0.5) is 20.4 Å². The molecule has 2 aromatic rings. The van der Waals surface area contributed by atoms with Gasteiger partial charge < -0.3 is 10.6 Å². The van der Waals surface area contributed by atoms with Gasteiger partial charge in [0.15, 0.2) is 23.3 Å². The molecule has 0 fully saturated rings. The van der Waals surface area contributed by atoms with Crippen LogP contribution < -0.4 is 10.6 Å². The first-order chi connectivity index (χ1) is 9.60. The molecule has 3 nitrogen and oxygen atoms in total. The third-order valence-corrected chi connectivity index (χ3v) is 4.22. The minimum absolute atomic E-state index is 0.0505. The zero-order valence-electron chi connectivity index (χ0n) is 10.8. The van der Waals surface area contributed by atoms with Crippen molar-refractivity contribution in [1.29, 1.82) is 0 Å². The number of hydrogen-bond acceptors (Lipinski definition) is 4. The summed E-state index contributed by atoms with van der Waals surface area (Å²) in [5.74, 6) is -1.25. The highest BCUT2D eigenvalue weighted by Gasteiger charge is 2.11. The predicted octanol–water partition coefficient (Wildman–Crippen LogP) is 4.62. The largest absolute Gasteiger partial charge is 0.368 e. The van der Waals surface area contributed by atoms with Gasteiger partial charge >= 0.3 is 0 Å². The summed E-state index contributed by atoms with van der Waals surface area (Å²) in [6.45, 7) is 2.99. The molecule has 0 aromatic carbocycles. The second-order valence-corrected chi connectivity index (χ2v) is 6.07. The van der Waals surface area contributed by atoms with Crippen LogP contribution in [0.1, 0.15) is 18.2 Å². The lowest BCUT2D eigenvalue weighted by molar-refractivity contribution is 0.578. The third kappa shape index (κ3) is 3.89. The number of nitrogens with one attached hydrogen (secondary N) is 2. The van der Waals surface area contributed by atoms with Gasteiger partial charge in [0.2, 0.25) is 0 Å². The number of halogens is 3. The highest BCUT2D eigenvalue weighted by molar-refractivity contribution is 9.10. The van der Waals surface area contributed by atoms with E-state index in [4.69, 9.17) is 0 Å². The summed E-state index contributed by atoms with van der Waals surface area (Å²) < 4.78 is 28.2. The molecule has 0 aliphatic rings. The second-order valence-electron chi connectivity index (χ2n) is 4.16. The summed E-state index contributed by atoms with van der Waals surface area (Å²) in [6.07, 6.45) is 0.838. The quantitative estimate of drug-likeness (QED) is 0.788. The molecule has 2 rings (SSSR count). The smallest absolute Gasteiger partial charge is 0.168 e. The van der Waals surface area contributed by atoms with Gasteiger partial charge in [0.1, 0.15) is 0 Å². The first-order valence-electron chi connectivity index (χ1n) is 6.17. The molecule has 0 aliphatic heterocycles. The van der Waals surface area contributed by atoms with E-state index in [-0.39, 0.29) is 11.6 Å². The van der Waals surface area contributed by atoms with E-state index < -0.39 is 11.6 Å². The molecule has 0 atom stereocenters. The van der Waals surface area contributed by atoms with Crippen molar-refractivity contribution < 1.29 is 8.78 Å². The molecule has 0 amide bonds. The second kappa shape index (κ2) is 6.99. The topological polar surface area (TPSA) is 37.0 Å². The van der Waals surface area contributed by atoms with Crippen LogP contribution >= 0.6 is 27.3 Å². The van der Waals surface area contributed by atoms with E-state index in [1.54, 1.807) is 11.3 Å². The third-order valence-electron chi connectivity index (χ3n) is 2.52. The molecule has 7 heteroatoms. The summed E-state index contributed by atoms with van der Waals surface area (Å²) in [5, 5.41) is 7.66. The molecule has 2 N–H and O–H groups in total. The molecule has 20 heavy (non-hydrogen) atoms. The van der Waals surface area contributed by atoms with Crippen LogP contribution in [0.2, 0.25) is 0 Å². The lowest BCUT2D eigenvalue weighted by atomic mass is 10.3. The van der Waals surface area contributed by atoms with Gasteiger partial charge in [-0.15, -0.1) is 11.3 Å². The molecule has 0 radical (unpaired) electrons. The fourth-order valence-corrected chi connectivity index (χ4v) is 2.97. The number of hydrogen-bond donors (Lipinski definition) is 2. The van der Waals surface area contributed by atoms with Crippen LogP contribution in [0.5, 0.6) is 0 Å². The number of nitrogens with zero attached hydrogens (tertiary/aromatic N) is 1. The van der Waals surface area contributed by atoms with Gasteiger partial charge in [-0.3, -0.25) is 0 Å². The Balaban J connectivity index is 2.09. The maximum Gasteiger partial charge on any atom is 0.168 e. The van der Waals surface area contributed by atoms with E-state index in [9.17, 15) is 8.78 Å². The van der Waals surface area contributed by atoms with Crippen LogP contribution in [0.25, 0.3) is 0 Å². The Kier molecular flexibility index (Phi) is 5.31. The van der Waals surface area contributed by atoms with Gasteiger partial charge in [-0.05, 0) is 28.4 Å². The first kappa shape index (κ1) is 15.2. The molecule has 0 saturated heterocycles. The molecular weight excluding hydrogens is 348 g/mol. The minimum atomic E-state index is -0.694. The van der Waals surface area contributed by atoms with Crippen molar-refractivity contribution in [1.82, 2.24) is 4.98 Å². The van der Waals surface area contributed by atoms with E-state index in [2.05, 4.69) is 31.5 Å². The number of rotatable bonds is 6. The van der Waals surface area contributed by atoms with Crippen LogP contribution in [0.15, 0.2) is 22.0 Å². The van der Waals surface area contributed by atoms with Crippen molar-refractivity contribution in [3.63, 3.8) is 0 Å². The van der Waals surface area contributed by atoms with Gasteiger partial charge in [-0.2, -0.15) is 0 Å². The summed E-state index contributed by atoms with van der Waals surface area (Å²) in [5.41, 5.74) is 0. The average Bonchev–Trinajstić information content (AvgIpc) is 2.82. The van der Waals surface area contributed by atoms with Crippen molar-refractivity contribution in [2.75, 3.05) is 17.2 Å². The van der Waals surface area contributed by atoms with Gasteiger partial charge in [0, 0.05) is 27.3 Å². The summed E-state index contributed by atoms with van der Waals surface area (Å²) >= 11 is 4.90. The molecule has 0 bridgehead atoms. The lowest BCUT2D eigenvalue weighted by Gasteiger charge is -2.10. The van der Waals surface area contributed by atoms with Crippen molar-refractivity contribution in [2.24, 2.45) is 0 Å². The maximum atomic E-state index is 13.7. The molecule has 2 heterocycles. The van der Waals surface area contributed by atoms with Gasteiger partial charge in [0.25, 0.3) is 0 Å². The van der Waals surface area contributed by atoms with Gasteiger partial charge in [0.05, 0.1) is 6.54 Å². The average molecular weight is 362 g/mol. The fraction of sp³-hybridized carbons (Fsp3) is 0.308. The van der Waals surface area contributed by atoms with E-state index in [0.29, 0.717) is 13.1 Å². The van der Waals surface area contributed by atoms with Crippen LogP contribution in [0, 0.1) is 11.6 Å². The van der Waals surface area contributed by atoms with Crippen molar-refractivity contribution in [3.05, 3.63) is 38.5 Å². The Morgan fingerprint density at radius 2 is 1.90 bits per heavy atom. The molecule has 0 aliphatic carbocycles. The van der Waals surface area contributed by atoms with Crippen molar-refractivity contribution in [3.8, 4) is 0 Å². The van der Waals surface area contributed by atoms with Crippen LogP contribution in [0.3, 0.4) is 0 Å². The Morgan fingerprint density at radius 3 is 2.50 bits per heavy atom. The highest BCUT2D eigenvalue weighted by atomic mass is 79.9. The normalized spacial score (nSPS) is 10.6. The zero-order valence-corrected chi connectivity index (χ0v) is 13.2.